The number of hydrogen-bond donors (Lipinski definition) is 2. The van der Waals surface area contributed by atoms with Crippen LogP contribution in [0, 0.1) is 6.92 Å². The normalized spacial score (nSPS) is 10.5. The minimum Gasteiger partial charge on any atom is -0.321 e. The zero-order chi connectivity index (χ0) is 20.2. The zero-order valence-corrected chi connectivity index (χ0v) is 17.0. The van der Waals surface area contributed by atoms with Gasteiger partial charge in [-0.25, -0.2) is 9.97 Å². The molecule has 0 aliphatic carbocycles. The Labute approximate surface area is 175 Å². The van der Waals surface area contributed by atoms with Gasteiger partial charge in [0.05, 0.1) is 10.7 Å². The number of thiazole rings is 2. The lowest BCUT2D eigenvalue weighted by Crippen LogP contribution is -2.13. The minimum absolute atomic E-state index is 0.227. The van der Waals surface area contributed by atoms with Crippen LogP contribution in [0.15, 0.2) is 66.2 Å². The number of anilines is 2. The molecule has 0 fully saturated rings. The van der Waals surface area contributed by atoms with Gasteiger partial charge in [-0.05, 0) is 31.2 Å². The number of aromatic nitrogens is 2. The molecule has 0 aliphatic heterocycles. The summed E-state index contributed by atoms with van der Waals surface area (Å²) < 4.78 is 0. The zero-order valence-electron chi connectivity index (χ0n) is 15.4. The molecule has 8 heteroatoms. The molecule has 29 heavy (non-hydrogen) atoms. The van der Waals surface area contributed by atoms with Gasteiger partial charge in [-0.15, -0.1) is 22.7 Å². The van der Waals surface area contributed by atoms with Gasteiger partial charge in [-0.2, -0.15) is 0 Å². The first-order chi connectivity index (χ1) is 14.1. The number of carbonyl (C=O) groups excluding carboxylic acids is 2. The highest BCUT2D eigenvalue weighted by Crippen LogP contribution is 2.28. The topological polar surface area (TPSA) is 84.0 Å². The Balaban J connectivity index is 1.49. The lowest BCUT2D eigenvalue weighted by atomic mass is 10.1. The van der Waals surface area contributed by atoms with Crippen molar-refractivity contribution in [2.24, 2.45) is 0 Å². The predicted molar refractivity (Wildman–Crippen MR) is 117 cm³/mol. The van der Waals surface area contributed by atoms with E-state index in [-0.39, 0.29) is 11.8 Å². The van der Waals surface area contributed by atoms with Gasteiger partial charge in [-0.1, -0.05) is 30.3 Å². The van der Waals surface area contributed by atoms with Crippen molar-refractivity contribution in [3.8, 4) is 11.3 Å². The van der Waals surface area contributed by atoms with E-state index in [1.807, 2.05) is 37.3 Å². The molecule has 0 bridgehead atoms. The van der Waals surface area contributed by atoms with Crippen molar-refractivity contribution < 1.29 is 9.59 Å². The van der Waals surface area contributed by atoms with Crippen LogP contribution in [-0.2, 0) is 0 Å². The number of benzene rings is 2. The summed E-state index contributed by atoms with van der Waals surface area (Å²) in [6.07, 6.45) is 1.63. The summed E-state index contributed by atoms with van der Waals surface area (Å²) in [4.78, 5) is 34.2. The van der Waals surface area contributed by atoms with Gasteiger partial charge in [0, 0.05) is 28.4 Å². The Kier molecular flexibility index (Phi) is 5.46. The van der Waals surface area contributed by atoms with E-state index in [1.54, 1.807) is 35.8 Å². The van der Waals surface area contributed by atoms with Gasteiger partial charge in [0.1, 0.15) is 4.88 Å². The molecule has 4 rings (SSSR count). The maximum atomic E-state index is 12.8. The number of carbonyl (C=O) groups is 2. The van der Waals surface area contributed by atoms with E-state index in [0.717, 1.165) is 10.6 Å². The molecule has 0 radical (unpaired) electrons. The second kappa shape index (κ2) is 8.34. The fourth-order valence-electron chi connectivity index (χ4n) is 2.72. The summed E-state index contributed by atoms with van der Waals surface area (Å²) >= 11 is 2.71. The van der Waals surface area contributed by atoms with Crippen LogP contribution in [-0.4, -0.2) is 21.8 Å². The van der Waals surface area contributed by atoms with Gasteiger partial charge >= 0.3 is 0 Å². The van der Waals surface area contributed by atoms with Crippen LogP contribution in [0.25, 0.3) is 11.3 Å². The van der Waals surface area contributed by atoms with E-state index in [9.17, 15) is 9.59 Å². The standard InChI is InChI=1S/C21H16N4O2S2/c1-13-23-17(14-5-3-2-4-6-14)18(29-13)20(27)24-16-9-7-15(8-10-16)19(26)25-21-22-11-12-28-21/h2-12H,1H3,(H,24,27)(H,22,25,26). The highest BCUT2D eigenvalue weighted by atomic mass is 32.1. The average Bonchev–Trinajstić information content (AvgIpc) is 3.38. The predicted octanol–water partition coefficient (Wildman–Crippen LogP) is 5.08. The molecule has 0 atom stereocenters. The lowest BCUT2D eigenvalue weighted by Gasteiger charge is -2.07. The second-order valence-corrected chi connectivity index (χ2v) is 8.20. The molecule has 2 aromatic heterocycles. The van der Waals surface area contributed by atoms with Crippen LogP contribution in [0.3, 0.4) is 0 Å². The van der Waals surface area contributed by atoms with Gasteiger partial charge in [0.25, 0.3) is 11.8 Å². The first-order valence-corrected chi connectivity index (χ1v) is 10.4. The molecule has 2 heterocycles. The molecule has 144 valence electrons. The van der Waals surface area contributed by atoms with Crippen molar-refractivity contribution in [1.29, 1.82) is 0 Å². The number of amides is 2. The number of hydrogen-bond acceptors (Lipinski definition) is 6. The van der Waals surface area contributed by atoms with Gasteiger partial charge < -0.3 is 5.32 Å². The first-order valence-electron chi connectivity index (χ1n) is 8.75. The quantitative estimate of drug-likeness (QED) is 0.472. The maximum absolute atomic E-state index is 12.8. The third-order valence-corrected chi connectivity index (χ3v) is 5.70. The largest absolute Gasteiger partial charge is 0.321 e. The number of nitrogens with zero attached hydrogens (tertiary/aromatic N) is 2. The van der Waals surface area contributed by atoms with Gasteiger partial charge in [0.15, 0.2) is 5.13 Å². The van der Waals surface area contributed by atoms with Crippen LogP contribution in [0.4, 0.5) is 10.8 Å². The number of aryl methyl sites for hydroxylation is 1. The summed E-state index contributed by atoms with van der Waals surface area (Å²) in [7, 11) is 0. The van der Waals surface area contributed by atoms with Crippen LogP contribution in [0.2, 0.25) is 0 Å². The summed E-state index contributed by atoms with van der Waals surface area (Å²) in [5.41, 5.74) is 2.66. The van der Waals surface area contributed by atoms with Gasteiger partial charge in [0.2, 0.25) is 0 Å². The van der Waals surface area contributed by atoms with E-state index < -0.39 is 0 Å². The summed E-state index contributed by atoms with van der Waals surface area (Å²) in [5, 5.41) is 8.77. The fraction of sp³-hybridized carbons (Fsp3) is 0.0476. The van der Waals surface area contributed by atoms with Crippen molar-refractivity contribution in [2.75, 3.05) is 10.6 Å². The summed E-state index contributed by atoms with van der Waals surface area (Å²) in [6, 6.07) is 16.3. The van der Waals surface area contributed by atoms with Crippen LogP contribution >= 0.6 is 22.7 Å². The van der Waals surface area contributed by atoms with E-state index in [4.69, 9.17) is 0 Å². The Morgan fingerprint density at radius 2 is 1.69 bits per heavy atom. The Morgan fingerprint density at radius 3 is 2.38 bits per heavy atom. The van der Waals surface area contributed by atoms with E-state index in [2.05, 4.69) is 20.6 Å². The SMILES string of the molecule is Cc1nc(-c2ccccc2)c(C(=O)Nc2ccc(C(=O)Nc3nccs3)cc2)s1. The number of nitrogens with one attached hydrogen (secondary N) is 2. The molecule has 0 saturated heterocycles. The molecular formula is C21H16N4O2S2. The highest BCUT2D eigenvalue weighted by molar-refractivity contribution is 7.14. The van der Waals surface area contributed by atoms with Crippen molar-refractivity contribution in [3.05, 3.63) is 81.6 Å². The Bertz CT molecular complexity index is 1140. The maximum Gasteiger partial charge on any atom is 0.268 e. The molecule has 2 aromatic carbocycles. The summed E-state index contributed by atoms with van der Waals surface area (Å²) in [5.74, 6) is -0.475. The van der Waals surface area contributed by atoms with Crippen molar-refractivity contribution in [1.82, 2.24) is 9.97 Å². The van der Waals surface area contributed by atoms with Crippen molar-refractivity contribution in [2.45, 2.75) is 6.92 Å². The molecule has 0 saturated carbocycles. The molecule has 6 nitrogen and oxygen atoms in total. The van der Waals surface area contributed by atoms with Crippen molar-refractivity contribution in [3.63, 3.8) is 0 Å². The lowest BCUT2D eigenvalue weighted by molar-refractivity contribution is 0.102. The van der Waals surface area contributed by atoms with Crippen LogP contribution in [0.5, 0.6) is 0 Å². The summed E-state index contributed by atoms with van der Waals surface area (Å²) in [6.45, 7) is 1.88. The fourth-order valence-corrected chi connectivity index (χ4v) is 4.08. The molecule has 0 spiro atoms. The first kappa shape index (κ1) is 19.0. The van der Waals surface area contributed by atoms with Crippen molar-refractivity contribution >= 4 is 45.3 Å². The third kappa shape index (κ3) is 4.39. The van der Waals surface area contributed by atoms with Crippen LogP contribution < -0.4 is 10.6 Å². The highest BCUT2D eigenvalue weighted by Gasteiger charge is 2.18. The smallest absolute Gasteiger partial charge is 0.268 e. The average molecular weight is 421 g/mol. The molecule has 0 aliphatic rings. The molecule has 2 N–H and O–H groups in total. The molecular weight excluding hydrogens is 404 g/mol. The molecule has 4 aromatic rings. The Morgan fingerprint density at radius 1 is 0.931 bits per heavy atom. The third-order valence-electron chi connectivity index (χ3n) is 4.05. The molecule has 0 unspecified atom stereocenters. The Hall–Kier alpha value is -3.36. The van der Waals surface area contributed by atoms with Gasteiger partial charge in [-0.3, -0.25) is 14.9 Å². The number of rotatable bonds is 5. The minimum atomic E-state index is -0.248. The van der Waals surface area contributed by atoms with E-state index in [1.165, 1.54) is 22.7 Å². The molecule has 2 amide bonds. The van der Waals surface area contributed by atoms with E-state index >= 15 is 0 Å². The van der Waals surface area contributed by atoms with E-state index in [0.29, 0.717) is 27.0 Å². The second-order valence-electron chi connectivity index (χ2n) is 6.10. The monoisotopic (exact) mass is 420 g/mol. The van der Waals surface area contributed by atoms with Crippen LogP contribution in [0.1, 0.15) is 25.0 Å².